The van der Waals surface area contributed by atoms with Crippen molar-refractivity contribution in [2.24, 2.45) is 0 Å². The molecule has 2 aromatic rings. The van der Waals surface area contributed by atoms with E-state index in [1.165, 1.54) is 54.0 Å². The summed E-state index contributed by atoms with van der Waals surface area (Å²) >= 11 is 0. The Morgan fingerprint density at radius 1 is 0.950 bits per heavy atom. The number of hydrogen-bond acceptors (Lipinski definition) is 0. The molecule has 0 saturated heterocycles. The molecule has 0 bridgehead atoms. The largest absolute Gasteiger partial charge is 0.0654 e. The maximum atomic E-state index is 2.40. The zero-order chi connectivity index (χ0) is 13.9. The van der Waals surface area contributed by atoms with Crippen molar-refractivity contribution < 1.29 is 0 Å². The first kappa shape index (κ1) is 13.4. The highest BCUT2D eigenvalue weighted by Gasteiger charge is 2.21. The van der Waals surface area contributed by atoms with Crippen molar-refractivity contribution in [3.8, 4) is 0 Å². The molecule has 2 aromatic carbocycles. The molecule has 0 amide bonds. The average Bonchev–Trinajstić information content (AvgIpc) is 2.46. The Kier molecular flexibility index (Phi) is 3.91. The molecule has 0 aliphatic heterocycles. The lowest BCUT2D eigenvalue weighted by atomic mass is 9.79. The third-order valence-electron chi connectivity index (χ3n) is 4.62. The molecule has 1 unspecified atom stereocenters. The van der Waals surface area contributed by atoms with Crippen LogP contribution in [0.4, 0.5) is 0 Å². The van der Waals surface area contributed by atoms with Crippen molar-refractivity contribution in [2.75, 3.05) is 0 Å². The van der Waals surface area contributed by atoms with Gasteiger partial charge in [-0.3, -0.25) is 0 Å². The lowest BCUT2D eigenvalue weighted by Crippen LogP contribution is -2.06. The van der Waals surface area contributed by atoms with E-state index in [2.05, 4.69) is 56.3 Å². The van der Waals surface area contributed by atoms with Gasteiger partial charge in [-0.05, 0) is 35.2 Å². The summed E-state index contributed by atoms with van der Waals surface area (Å²) in [6.45, 7) is 4.59. The van der Waals surface area contributed by atoms with Gasteiger partial charge in [-0.15, -0.1) is 0 Å². The Hall–Kier alpha value is -1.56. The SMILES string of the molecule is CCCCCCC1C(C)=Cc2cccc3cccc1c23. The van der Waals surface area contributed by atoms with Gasteiger partial charge in [-0.1, -0.05) is 80.7 Å². The van der Waals surface area contributed by atoms with Gasteiger partial charge < -0.3 is 0 Å². The molecule has 0 saturated carbocycles. The summed E-state index contributed by atoms with van der Waals surface area (Å²) in [6.07, 6.45) is 9.11. The Balaban J connectivity index is 1.94. The van der Waals surface area contributed by atoms with Crippen LogP contribution < -0.4 is 0 Å². The highest BCUT2D eigenvalue weighted by atomic mass is 14.2. The number of hydrogen-bond donors (Lipinski definition) is 0. The summed E-state index contributed by atoms with van der Waals surface area (Å²) in [5, 5.41) is 2.88. The number of rotatable bonds is 5. The first-order chi connectivity index (χ1) is 9.81. The first-order valence-electron chi connectivity index (χ1n) is 8.01. The van der Waals surface area contributed by atoms with Gasteiger partial charge >= 0.3 is 0 Å². The highest BCUT2D eigenvalue weighted by molar-refractivity contribution is 5.96. The van der Waals surface area contributed by atoms with Crippen molar-refractivity contribution in [1.29, 1.82) is 0 Å². The maximum absolute atomic E-state index is 2.40. The lowest BCUT2D eigenvalue weighted by Gasteiger charge is -2.25. The Morgan fingerprint density at radius 3 is 2.55 bits per heavy atom. The Labute approximate surface area is 122 Å². The monoisotopic (exact) mass is 264 g/mol. The third-order valence-corrected chi connectivity index (χ3v) is 4.62. The molecule has 104 valence electrons. The number of unbranched alkanes of at least 4 members (excludes halogenated alkanes) is 3. The number of allylic oxidation sites excluding steroid dienone is 1. The molecular formula is C20H24. The van der Waals surface area contributed by atoms with Crippen LogP contribution in [0, 0.1) is 0 Å². The molecule has 0 fully saturated rings. The van der Waals surface area contributed by atoms with Crippen LogP contribution in [0.15, 0.2) is 42.0 Å². The zero-order valence-corrected chi connectivity index (χ0v) is 12.7. The van der Waals surface area contributed by atoms with E-state index in [-0.39, 0.29) is 0 Å². The summed E-state index contributed by atoms with van der Waals surface area (Å²) in [5.74, 6) is 0.630. The molecule has 0 N–H and O–H groups in total. The summed E-state index contributed by atoms with van der Waals surface area (Å²) in [5.41, 5.74) is 4.49. The first-order valence-corrected chi connectivity index (χ1v) is 8.01. The van der Waals surface area contributed by atoms with Crippen molar-refractivity contribution >= 4 is 16.8 Å². The molecule has 0 aromatic heterocycles. The van der Waals surface area contributed by atoms with Gasteiger partial charge in [0.1, 0.15) is 0 Å². The molecule has 0 radical (unpaired) electrons. The standard InChI is InChI=1S/C20H24/c1-3-4-5-6-12-18-15(2)14-17-11-7-9-16-10-8-13-19(18)20(16)17/h7-11,13-14,18H,3-6,12H2,1-2H3. The molecule has 1 atom stereocenters. The van der Waals surface area contributed by atoms with Gasteiger partial charge in [0.15, 0.2) is 0 Å². The molecular weight excluding hydrogens is 240 g/mol. The summed E-state index contributed by atoms with van der Waals surface area (Å²) in [4.78, 5) is 0. The second kappa shape index (κ2) is 5.83. The predicted octanol–water partition coefficient (Wildman–Crippen LogP) is 6.31. The molecule has 0 nitrogen and oxygen atoms in total. The molecule has 1 aliphatic rings. The number of benzene rings is 2. The van der Waals surface area contributed by atoms with Gasteiger partial charge in [-0.2, -0.15) is 0 Å². The minimum absolute atomic E-state index is 0.630. The van der Waals surface area contributed by atoms with Crippen molar-refractivity contribution in [3.63, 3.8) is 0 Å². The quantitative estimate of drug-likeness (QED) is 0.555. The second-order valence-corrected chi connectivity index (χ2v) is 6.08. The van der Waals surface area contributed by atoms with E-state index in [4.69, 9.17) is 0 Å². The normalized spacial score (nSPS) is 17.3. The Bertz CT molecular complexity index is 628. The average molecular weight is 264 g/mol. The molecule has 0 heterocycles. The van der Waals surface area contributed by atoms with Gasteiger partial charge in [0.2, 0.25) is 0 Å². The molecule has 20 heavy (non-hydrogen) atoms. The molecule has 3 rings (SSSR count). The summed E-state index contributed by atoms with van der Waals surface area (Å²) in [7, 11) is 0. The van der Waals surface area contributed by atoms with Gasteiger partial charge in [0.25, 0.3) is 0 Å². The van der Waals surface area contributed by atoms with E-state index in [9.17, 15) is 0 Å². The van der Waals surface area contributed by atoms with Crippen molar-refractivity contribution in [3.05, 3.63) is 53.1 Å². The maximum Gasteiger partial charge on any atom is 0.00551 e. The van der Waals surface area contributed by atoms with E-state index < -0.39 is 0 Å². The van der Waals surface area contributed by atoms with Crippen LogP contribution >= 0.6 is 0 Å². The summed E-state index contributed by atoms with van der Waals surface area (Å²) < 4.78 is 0. The molecule has 0 spiro atoms. The molecule has 0 heteroatoms. The third kappa shape index (κ3) is 2.40. The van der Waals surface area contributed by atoms with Crippen LogP contribution in [0.2, 0.25) is 0 Å². The van der Waals surface area contributed by atoms with Crippen LogP contribution in [0.1, 0.15) is 63.0 Å². The van der Waals surface area contributed by atoms with E-state index in [1.807, 2.05) is 0 Å². The van der Waals surface area contributed by atoms with Gasteiger partial charge in [0.05, 0.1) is 0 Å². The Morgan fingerprint density at radius 2 is 1.75 bits per heavy atom. The van der Waals surface area contributed by atoms with Crippen LogP contribution in [0.3, 0.4) is 0 Å². The fraction of sp³-hybridized carbons (Fsp3) is 0.400. The minimum atomic E-state index is 0.630. The highest BCUT2D eigenvalue weighted by Crippen LogP contribution is 2.41. The van der Waals surface area contributed by atoms with E-state index in [0.29, 0.717) is 5.92 Å². The lowest BCUT2D eigenvalue weighted by molar-refractivity contribution is 0.593. The second-order valence-electron chi connectivity index (χ2n) is 6.08. The van der Waals surface area contributed by atoms with Gasteiger partial charge in [0, 0.05) is 5.92 Å². The summed E-state index contributed by atoms with van der Waals surface area (Å²) in [6, 6.07) is 13.5. The zero-order valence-electron chi connectivity index (χ0n) is 12.7. The van der Waals surface area contributed by atoms with E-state index >= 15 is 0 Å². The fourth-order valence-corrected chi connectivity index (χ4v) is 3.56. The van der Waals surface area contributed by atoms with Gasteiger partial charge in [-0.25, -0.2) is 0 Å². The van der Waals surface area contributed by atoms with Crippen LogP contribution in [0.25, 0.3) is 16.8 Å². The smallest absolute Gasteiger partial charge is 0.00551 e. The van der Waals surface area contributed by atoms with Crippen LogP contribution in [0.5, 0.6) is 0 Å². The minimum Gasteiger partial charge on any atom is -0.0654 e. The van der Waals surface area contributed by atoms with Crippen LogP contribution in [-0.2, 0) is 0 Å². The van der Waals surface area contributed by atoms with Crippen molar-refractivity contribution in [2.45, 2.75) is 51.9 Å². The molecule has 1 aliphatic carbocycles. The topological polar surface area (TPSA) is 0 Å². The van der Waals surface area contributed by atoms with Crippen LogP contribution in [-0.4, -0.2) is 0 Å². The predicted molar refractivity (Wildman–Crippen MR) is 89.1 cm³/mol. The van der Waals surface area contributed by atoms with E-state index in [1.54, 1.807) is 5.56 Å². The van der Waals surface area contributed by atoms with E-state index in [0.717, 1.165) is 0 Å². The van der Waals surface area contributed by atoms with Crippen molar-refractivity contribution in [1.82, 2.24) is 0 Å². The fourth-order valence-electron chi connectivity index (χ4n) is 3.56.